The number of aliphatic carboxylic acids is 1. The highest BCUT2D eigenvalue weighted by Crippen LogP contribution is 2.12. The number of nitrogens with one attached hydrogen (secondary N) is 1. The van der Waals surface area contributed by atoms with Crippen molar-refractivity contribution >= 4 is 17.4 Å². The number of carbonyl (C=O) groups excluding carboxylic acids is 1. The van der Waals surface area contributed by atoms with E-state index in [1.165, 1.54) is 0 Å². The number of hydrogen-bond acceptors (Lipinski definition) is 3. The van der Waals surface area contributed by atoms with Crippen LogP contribution < -0.4 is 5.32 Å². The van der Waals surface area contributed by atoms with E-state index in [0.717, 1.165) is 5.56 Å². The van der Waals surface area contributed by atoms with E-state index in [-0.39, 0.29) is 12.3 Å². The predicted octanol–water partition coefficient (Wildman–Crippen LogP) is 2.61. The van der Waals surface area contributed by atoms with Gasteiger partial charge in [0, 0.05) is 17.7 Å². The minimum Gasteiger partial charge on any atom is -0.480 e. The molecule has 2 N–H and O–H groups in total. The molecule has 2 aromatic rings. The van der Waals surface area contributed by atoms with Crippen molar-refractivity contribution in [2.75, 3.05) is 11.9 Å². The smallest absolute Gasteiger partial charge is 0.322 e. The zero-order chi connectivity index (χ0) is 14.4. The molecular weight excluding hydrogens is 254 g/mol. The van der Waals surface area contributed by atoms with Gasteiger partial charge < -0.3 is 10.4 Å². The molecule has 0 atom stereocenters. The van der Waals surface area contributed by atoms with E-state index in [4.69, 9.17) is 5.11 Å². The van der Waals surface area contributed by atoms with E-state index in [1.807, 2.05) is 30.3 Å². The van der Waals surface area contributed by atoms with Crippen molar-refractivity contribution in [1.29, 1.82) is 0 Å². The monoisotopic (exact) mass is 269 g/mol. The third kappa shape index (κ3) is 3.95. The average molecular weight is 269 g/mol. The third-order valence-corrected chi connectivity index (χ3v) is 2.86. The van der Waals surface area contributed by atoms with Crippen LogP contribution in [0.15, 0.2) is 54.6 Å². The minimum absolute atomic E-state index is 0.0426. The molecule has 2 rings (SSSR count). The molecule has 0 aliphatic heterocycles. The van der Waals surface area contributed by atoms with Crippen LogP contribution in [-0.4, -0.2) is 23.4 Å². The molecule has 0 spiro atoms. The first kappa shape index (κ1) is 13.8. The summed E-state index contributed by atoms with van der Waals surface area (Å²) in [5.74, 6) is -0.879. The van der Waals surface area contributed by atoms with Gasteiger partial charge in [0.1, 0.15) is 6.54 Å². The van der Waals surface area contributed by atoms with E-state index in [0.29, 0.717) is 17.7 Å². The van der Waals surface area contributed by atoms with Crippen LogP contribution in [0.2, 0.25) is 0 Å². The Morgan fingerprint density at radius 2 is 1.60 bits per heavy atom. The Bertz CT molecular complexity index is 591. The number of hydrogen-bond donors (Lipinski definition) is 2. The molecular formula is C16H15NO3. The first-order valence-corrected chi connectivity index (χ1v) is 6.28. The van der Waals surface area contributed by atoms with E-state index in [9.17, 15) is 9.59 Å². The lowest BCUT2D eigenvalue weighted by molar-refractivity contribution is -0.134. The first-order valence-electron chi connectivity index (χ1n) is 6.28. The van der Waals surface area contributed by atoms with E-state index in [1.54, 1.807) is 24.3 Å². The van der Waals surface area contributed by atoms with Crippen molar-refractivity contribution in [1.82, 2.24) is 0 Å². The minimum atomic E-state index is -0.922. The zero-order valence-corrected chi connectivity index (χ0v) is 10.9. The standard InChI is InChI=1S/C16H15NO3/c18-15(10-12-4-2-1-3-5-12)13-6-8-14(9-7-13)17-11-16(19)20/h1-9,17H,10-11H2,(H,19,20). The zero-order valence-electron chi connectivity index (χ0n) is 10.9. The molecule has 0 amide bonds. The van der Waals surface area contributed by atoms with Crippen LogP contribution in [0.25, 0.3) is 0 Å². The number of rotatable bonds is 6. The van der Waals surface area contributed by atoms with E-state index in [2.05, 4.69) is 5.32 Å². The van der Waals surface area contributed by atoms with Gasteiger partial charge in [0.2, 0.25) is 0 Å². The Balaban J connectivity index is 1.99. The fourth-order valence-electron chi connectivity index (χ4n) is 1.83. The Labute approximate surface area is 117 Å². The normalized spacial score (nSPS) is 10.0. The van der Waals surface area contributed by atoms with Gasteiger partial charge in [-0.2, -0.15) is 0 Å². The number of Topliss-reactive ketones (excluding diaryl/α,β-unsaturated/α-hetero) is 1. The number of carboxylic acids is 1. The topological polar surface area (TPSA) is 66.4 Å². The molecule has 2 aromatic carbocycles. The second-order valence-corrected chi connectivity index (χ2v) is 4.41. The fraction of sp³-hybridized carbons (Fsp3) is 0.125. The highest BCUT2D eigenvalue weighted by Gasteiger charge is 2.07. The molecule has 0 saturated heterocycles. The van der Waals surface area contributed by atoms with Crippen molar-refractivity contribution in [3.05, 3.63) is 65.7 Å². The summed E-state index contributed by atoms with van der Waals surface area (Å²) in [5.41, 5.74) is 2.28. The fourth-order valence-corrected chi connectivity index (χ4v) is 1.83. The third-order valence-electron chi connectivity index (χ3n) is 2.86. The molecule has 20 heavy (non-hydrogen) atoms. The quantitative estimate of drug-likeness (QED) is 0.791. The summed E-state index contributed by atoms with van der Waals surface area (Å²) in [6, 6.07) is 16.4. The SMILES string of the molecule is O=C(O)CNc1ccc(C(=O)Cc2ccccc2)cc1. The van der Waals surface area contributed by atoms with Crippen LogP contribution in [-0.2, 0) is 11.2 Å². The molecule has 0 heterocycles. The van der Waals surface area contributed by atoms with Gasteiger partial charge in [0.15, 0.2) is 5.78 Å². The number of anilines is 1. The Kier molecular flexibility index (Phi) is 4.50. The summed E-state index contributed by atoms with van der Waals surface area (Å²) in [7, 11) is 0. The second kappa shape index (κ2) is 6.52. The number of benzene rings is 2. The highest BCUT2D eigenvalue weighted by atomic mass is 16.4. The molecule has 102 valence electrons. The summed E-state index contributed by atoms with van der Waals surface area (Å²) in [4.78, 5) is 22.5. The number of carboxylic acid groups (broad SMARTS) is 1. The number of ketones is 1. The number of carbonyl (C=O) groups is 2. The largest absolute Gasteiger partial charge is 0.480 e. The van der Waals surface area contributed by atoms with Gasteiger partial charge >= 0.3 is 5.97 Å². The van der Waals surface area contributed by atoms with E-state index < -0.39 is 5.97 Å². The van der Waals surface area contributed by atoms with Gasteiger partial charge in [-0.15, -0.1) is 0 Å². The van der Waals surface area contributed by atoms with Gasteiger partial charge in [-0.3, -0.25) is 9.59 Å². The van der Waals surface area contributed by atoms with Crippen molar-refractivity contribution < 1.29 is 14.7 Å². The van der Waals surface area contributed by atoms with Crippen LogP contribution in [0.3, 0.4) is 0 Å². The second-order valence-electron chi connectivity index (χ2n) is 4.41. The maximum Gasteiger partial charge on any atom is 0.322 e. The first-order chi connectivity index (χ1) is 9.65. The molecule has 0 unspecified atom stereocenters. The molecule has 0 bridgehead atoms. The molecule has 0 aliphatic carbocycles. The molecule has 4 heteroatoms. The molecule has 0 aromatic heterocycles. The van der Waals surface area contributed by atoms with Gasteiger partial charge in [0.25, 0.3) is 0 Å². The van der Waals surface area contributed by atoms with Crippen LogP contribution in [0.1, 0.15) is 15.9 Å². The van der Waals surface area contributed by atoms with Crippen molar-refractivity contribution in [2.45, 2.75) is 6.42 Å². The van der Waals surface area contributed by atoms with Gasteiger partial charge in [0.05, 0.1) is 0 Å². The molecule has 4 nitrogen and oxygen atoms in total. The summed E-state index contributed by atoms with van der Waals surface area (Å²) in [6.07, 6.45) is 0.364. The Morgan fingerprint density at radius 1 is 0.950 bits per heavy atom. The summed E-state index contributed by atoms with van der Waals surface area (Å²) in [5, 5.41) is 11.3. The van der Waals surface area contributed by atoms with Gasteiger partial charge in [-0.1, -0.05) is 30.3 Å². The lowest BCUT2D eigenvalue weighted by Gasteiger charge is -2.05. The Hall–Kier alpha value is -2.62. The van der Waals surface area contributed by atoms with E-state index >= 15 is 0 Å². The molecule has 0 fully saturated rings. The van der Waals surface area contributed by atoms with Crippen LogP contribution in [0, 0.1) is 0 Å². The Morgan fingerprint density at radius 3 is 2.20 bits per heavy atom. The summed E-state index contributed by atoms with van der Waals surface area (Å²) in [6.45, 7) is -0.142. The molecule has 0 radical (unpaired) electrons. The lowest BCUT2D eigenvalue weighted by atomic mass is 10.0. The maximum atomic E-state index is 12.1. The van der Waals surface area contributed by atoms with Crippen molar-refractivity contribution in [2.24, 2.45) is 0 Å². The summed E-state index contributed by atoms with van der Waals surface area (Å²) < 4.78 is 0. The average Bonchev–Trinajstić information content (AvgIpc) is 2.46. The highest BCUT2D eigenvalue weighted by molar-refractivity contribution is 5.97. The van der Waals surface area contributed by atoms with Gasteiger partial charge in [-0.25, -0.2) is 0 Å². The van der Waals surface area contributed by atoms with Crippen LogP contribution in [0.5, 0.6) is 0 Å². The summed E-state index contributed by atoms with van der Waals surface area (Å²) >= 11 is 0. The van der Waals surface area contributed by atoms with Crippen LogP contribution in [0.4, 0.5) is 5.69 Å². The van der Waals surface area contributed by atoms with Crippen LogP contribution >= 0.6 is 0 Å². The van der Waals surface area contributed by atoms with Crippen molar-refractivity contribution in [3.63, 3.8) is 0 Å². The molecule has 0 saturated carbocycles. The molecule has 0 aliphatic rings. The lowest BCUT2D eigenvalue weighted by Crippen LogP contribution is -2.12. The van der Waals surface area contributed by atoms with Gasteiger partial charge in [-0.05, 0) is 29.8 Å². The van der Waals surface area contributed by atoms with Crippen molar-refractivity contribution in [3.8, 4) is 0 Å². The predicted molar refractivity (Wildman–Crippen MR) is 77.0 cm³/mol. The maximum absolute atomic E-state index is 12.1.